The van der Waals surface area contributed by atoms with Gasteiger partial charge in [0.2, 0.25) is 0 Å². The van der Waals surface area contributed by atoms with Gasteiger partial charge in [-0.2, -0.15) is 5.26 Å². The minimum Gasteiger partial charge on any atom is -0.478 e. The van der Waals surface area contributed by atoms with Crippen LogP contribution in [0.4, 0.5) is 15.9 Å². The SMILES string of the molecule is N#Cc1cccc(Nc2ccc(C(=O)O)c(F)c2)n1. The van der Waals surface area contributed by atoms with Gasteiger partial charge in [0, 0.05) is 5.69 Å². The van der Waals surface area contributed by atoms with Crippen LogP contribution in [0, 0.1) is 17.1 Å². The average molecular weight is 257 g/mol. The van der Waals surface area contributed by atoms with Gasteiger partial charge in [-0.15, -0.1) is 0 Å². The molecule has 0 spiro atoms. The van der Waals surface area contributed by atoms with Crippen LogP contribution in [-0.2, 0) is 0 Å². The summed E-state index contributed by atoms with van der Waals surface area (Å²) in [4.78, 5) is 14.6. The summed E-state index contributed by atoms with van der Waals surface area (Å²) in [6, 6.07) is 10.3. The molecule has 0 unspecified atom stereocenters. The van der Waals surface area contributed by atoms with Crippen molar-refractivity contribution in [3.63, 3.8) is 0 Å². The van der Waals surface area contributed by atoms with Crippen LogP contribution in [0.5, 0.6) is 0 Å². The Kier molecular flexibility index (Phi) is 3.39. The number of carbonyl (C=O) groups is 1. The van der Waals surface area contributed by atoms with Gasteiger partial charge in [-0.05, 0) is 30.3 Å². The maximum absolute atomic E-state index is 13.5. The number of aromatic carboxylic acids is 1. The number of hydrogen-bond donors (Lipinski definition) is 2. The minimum absolute atomic E-state index is 0.229. The molecule has 0 saturated heterocycles. The molecular weight excluding hydrogens is 249 g/mol. The van der Waals surface area contributed by atoms with Crippen LogP contribution in [0.25, 0.3) is 0 Å². The van der Waals surface area contributed by atoms with E-state index in [1.807, 2.05) is 6.07 Å². The summed E-state index contributed by atoms with van der Waals surface area (Å²) in [7, 11) is 0. The van der Waals surface area contributed by atoms with Gasteiger partial charge in [0.05, 0.1) is 5.56 Å². The lowest BCUT2D eigenvalue weighted by Crippen LogP contribution is -2.02. The third-order valence-corrected chi connectivity index (χ3v) is 2.34. The Morgan fingerprint density at radius 1 is 1.37 bits per heavy atom. The highest BCUT2D eigenvalue weighted by molar-refractivity contribution is 5.88. The monoisotopic (exact) mass is 257 g/mol. The molecule has 0 aliphatic heterocycles. The van der Waals surface area contributed by atoms with Gasteiger partial charge in [0.1, 0.15) is 23.4 Å². The van der Waals surface area contributed by atoms with Crippen molar-refractivity contribution in [1.82, 2.24) is 4.98 Å². The zero-order chi connectivity index (χ0) is 13.8. The molecule has 2 N–H and O–H groups in total. The number of anilines is 2. The molecule has 1 heterocycles. The zero-order valence-corrected chi connectivity index (χ0v) is 9.59. The second-order valence-corrected chi connectivity index (χ2v) is 3.64. The Hall–Kier alpha value is -2.94. The highest BCUT2D eigenvalue weighted by atomic mass is 19.1. The van der Waals surface area contributed by atoms with Crippen LogP contribution < -0.4 is 5.32 Å². The van der Waals surface area contributed by atoms with Crippen LogP contribution in [0.3, 0.4) is 0 Å². The Balaban J connectivity index is 2.26. The summed E-state index contributed by atoms with van der Waals surface area (Å²) in [6.45, 7) is 0. The van der Waals surface area contributed by atoms with Crippen molar-refractivity contribution < 1.29 is 14.3 Å². The number of benzene rings is 1. The third kappa shape index (κ3) is 2.84. The largest absolute Gasteiger partial charge is 0.478 e. The molecule has 0 fully saturated rings. The lowest BCUT2D eigenvalue weighted by molar-refractivity contribution is 0.0692. The molecular formula is C13H8FN3O2. The summed E-state index contributed by atoms with van der Waals surface area (Å²) >= 11 is 0. The second kappa shape index (κ2) is 5.14. The standard InChI is InChI=1S/C13H8FN3O2/c14-11-6-8(4-5-10(11)13(18)19)16-12-3-1-2-9(7-15)17-12/h1-6H,(H,16,17)(H,18,19). The number of aromatic nitrogens is 1. The van der Waals surface area contributed by atoms with Crippen molar-refractivity contribution in [3.05, 3.63) is 53.5 Å². The number of carboxylic acid groups (broad SMARTS) is 1. The summed E-state index contributed by atoms with van der Waals surface area (Å²) in [5.74, 6) is -1.79. The average Bonchev–Trinajstić information content (AvgIpc) is 2.38. The predicted molar refractivity (Wildman–Crippen MR) is 65.6 cm³/mol. The molecule has 5 nitrogen and oxygen atoms in total. The lowest BCUT2D eigenvalue weighted by atomic mass is 10.2. The number of rotatable bonds is 3. The van der Waals surface area contributed by atoms with Gasteiger partial charge in [0.25, 0.3) is 0 Å². The van der Waals surface area contributed by atoms with Crippen molar-refractivity contribution in [2.24, 2.45) is 0 Å². The first-order valence-corrected chi connectivity index (χ1v) is 5.27. The Bertz CT molecular complexity index is 680. The molecule has 0 amide bonds. The van der Waals surface area contributed by atoms with Crippen LogP contribution >= 0.6 is 0 Å². The van der Waals surface area contributed by atoms with Gasteiger partial charge < -0.3 is 10.4 Å². The maximum atomic E-state index is 13.5. The first-order valence-electron chi connectivity index (χ1n) is 5.27. The molecule has 2 aromatic rings. The van der Waals surface area contributed by atoms with E-state index in [9.17, 15) is 9.18 Å². The van der Waals surface area contributed by atoms with Crippen molar-refractivity contribution >= 4 is 17.5 Å². The number of nitrogens with one attached hydrogen (secondary N) is 1. The zero-order valence-electron chi connectivity index (χ0n) is 9.59. The Morgan fingerprint density at radius 2 is 2.16 bits per heavy atom. The van der Waals surface area contributed by atoms with Crippen LogP contribution in [0.15, 0.2) is 36.4 Å². The predicted octanol–water partition coefficient (Wildman–Crippen LogP) is 2.53. The van der Waals surface area contributed by atoms with Crippen molar-refractivity contribution in [3.8, 4) is 6.07 Å². The highest BCUT2D eigenvalue weighted by Crippen LogP contribution is 2.18. The molecule has 0 radical (unpaired) electrons. The van der Waals surface area contributed by atoms with Crippen molar-refractivity contribution in [2.75, 3.05) is 5.32 Å². The number of hydrogen-bond acceptors (Lipinski definition) is 4. The summed E-state index contributed by atoms with van der Waals surface area (Å²) < 4.78 is 13.5. The fourth-order valence-electron chi connectivity index (χ4n) is 1.48. The minimum atomic E-state index is -1.33. The fourth-order valence-corrected chi connectivity index (χ4v) is 1.48. The molecule has 0 aliphatic carbocycles. The summed E-state index contributed by atoms with van der Waals surface area (Å²) in [5, 5.41) is 20.2. The van der Waals surface area contributed by atoms with E-state index in [0.29, 0.717) is 11.5 Å². The normalized spacial score (nSPS) is 9.68. The molecule has 0 bridgehead atoms. The topological polar surface area (TPSA) is 86.0 Å². The molecule has 1 aromatic heterocycles. The van der Waals surface area contributed by atoms with E-state index >= 15 is 0 Å². The quantitative estimate of drug-likeness (QED) is 0.882. The number of carboxylic acids is 1. The Labute approximate surface area is 108 Å². The van der Waals surface area contributed by atoms with Crippen LogP contribution in [0.1, 0.15) is 16.1 Å². The van der Waals surface area contributed by atoms with Gasteiger partial charge in [0.15, 0.2) is 0 Å². The van der Waals surface area contributed by atoms with E-state index in [1.54, 1.807) is 18.2 Å². The van der Waals surface area contributed by atoms with Gasteiger partial charge in [-0.3, -0.25) is 0 Å². The van der Waals surface area contributed by atoms with E-state index in [2.05, 4.69) is 10.3 Å². The summed E-state index contributed by atoms with van der Waals surface area (Å²) in [6.07, 6.45) is 0. The van der Waals surface area contributed by atoms with Gasteiger partial charge in [-0.1, -0.05) is 6.07 Å². The number of nitrogens with zero attached hydrogens (tertiary/aromatic N) is 2. The first kappa shape index (κ1) is 12.5. The van der Waals surface area contributed by atoms with Gasteiger partial charge in [-0.25, -0.2) is 14.2 Å². The molecule has 0 atom stereocenters. The molecule has 2 rings (SSSR count). The highest BCUT2D eigenvalue weighted by Gasteiger charge is 2.10. The second-order valence-electron chi connectivity index (χ2n) is 3.64. The fraction of sp³-hybridized carbons (Fsp3) is 0. The maximum Gasteiger partial charge on any atom is 0.338 e. The number of halogens is 1. The van der Waals surface area contributed by atoms with E-state index in [-0.39, 0.29) is 5.69 Å². The molecule has 94 valence electrons. The lowest BCUT2D eigenvalue weighted by Gasteiger charge is -2.06. The van der Waals surface area contributed by atoms with E-state index in [0.717, 1.165) is 12.1 Å². The molecule has 1 aromatic carbocycles. The van der Waals surface area contributed by atoms with Gasteiger partial charge >= 0.3 is 5.97 Å². The van der Waals surface area contributed by atoms with Crippen LogP contribution in [0.2, 0.25) is 0 Å². The molecule has 19 heavy (non-hydrogen) atoms. The van der Waals surface area contributed by atoms with E-state index in [1.165, 1.54) is 6.07 Å². The first-order chi connectivity index (χ1) is 9.10. The Morgan fingerprint density at radius 3 is 2.79 bits per heavy atom. The molecule has 0 saturated carbocycles. The smallest absolute Gasteiger partial charge is 0.338 e. The molecule has 6 heteroatoms. The van der Waals surface area contributed by atoms with Crippen molar-refractivity contribution in [2.45, 2.75) is 0 Å². The molecule has 0 aliphatic rings. The number of nitriles is 1. The summed E-state index contributed by atoms with van der Waals surface area (Å²) in [5.41, 5.74) is 0.182. The van der Waals surface area contributed by atoms with Crippen molar-refractivity contribution in [1.29, 1.82) is 5.26 Å². The third-order valence-electron chi connectivity index (χ3n) is 2.34. The van der Waals surface area contributed by atoms with Crippen LogP contribution in [-0.4, -0.2) is 16.1 Å². The van der Waals surface area contributed by atoms with E-state index < -0.39 is 17.3 Å². The number of pyridine rings is 1. The van der Waals surface area contributed by atoms with E-state index in [4.69, 9.17) is 10.4 Å².